The largest absolute Gasteiger partial charge is 0.192 e. The molecule has 0 aromatic carbocycles. The third-order valence-electron chi connectivity index (χ3n) is 1.44. The molecule has 1 aliphatic carbocycles. The number of rotatable bonds is 1. The molecular weight excluding hydrogens is 152 g/mol. The van der Waals surface area contributed by atoms with Crippen molar-refractivity contribution in [2.75, 3.05) is 0 Å². The Morgan fingerprint density at radius 1 is 1.67 bits per heavy atom. The molecule has 0 aromatic rings. The van der Waals surface area contributed by atoms with E-state index in [2.05, 4.69) is 10.0 Å². The van der Waals surface area contributed by atoms with Crippen molar-refractivity contribution in [1.82, 2.24) is 0 Å². The first-order valence-corrected chi connectivity index (χ1v) is 3.38. The summed E-state index contributed by atoms with van der Waals surface area (Å²) < 4.78 is 0. The van der Waals surface area contributed by atoms with Crippen LogP contribution in [0.4, 0.5) is 0 Å². The molecule has 0 N–H and O–H groups in total. The molecule has 1 aliphatic rings. The Morgan fingerprint density at radius 3 is 3.00 bits per heavy atom. The lowest BCUT2D eigenvalue weighted by atomic mass is 10.0. The topological polar surface area (TPSA) is 72.5 Å². The van der Waals surface area contributed by atoms with Gasteiger partial charge in [0, 0.05) is 16.7 Å². The van der Waals surface area contributed by atoms with Crippen LogP contribution in [0.1, 0.15) is 6.42 Å². The van der Waals surface area contributed by atoms with Gasteiger partial charge < -0.3 is 0 Å². The molecule has 0 unspecified atom stereocenters. The van der Waals surface area contributed by atoms with Crippen LogP contribution >= 0.6 is 0 Å². The Labute approximate surface area is 69.7 Å². The Balaban J connectivity index is 2.73. The molecule has 12 heavy (non-hydrogen) atoms. The Kier molecular flexibility index (Phi) is 2.72. The second-order valence-corrected chi connectivity index (χ2v) is 2.22. The minimum atomic E-state index is 0.646. The lowest BCUT2D eigenvalue weighted by Crippen LogP contribution is -1.84. The number of nitriles is 1. The van der Waals surface area contributed by atoms with Crippen molar-refractivity contribution in [2.45, 2.75) is 6.42 Å². The third kappa shape index (κ3) is 2.01. The maximum absolute atomic E-state index is 8.48. The van der Waals surface area contributed by atoms with E-state index in [0.29, 0.717) is 12.0 Å². The highest BCUT2D eigenvalue weighted by Gasteiger charge is 1.98. The van der Waals surface area contributed by atoms with Crippen LogP contribution in [-0.2, 0) is 0 Å². The fourth-order valence-corrected chi connectivity index (χ4v) is 0.839. The minimum absolute atomic E-state index is 0.646. The first-order chi connectivity index (χ1) is 5.86. The van der Waals surface area contributed by atoms with E-state index < -0.39 is 0 Å². The van der Waals surface area contributed by atoms with Gasteiger partial charge in [-0.3, -0.25) is 0 Å². The lowest BCUT2D eigenvalue weighted by molar-refractivity contribution is 1.21. The summed E-state index contributed by atoms with van der Waals surface area (Å²) in [6.07, 6.45) is 7.35. The molecule has 0 aromatic heterocycles. The third-order valence-corrected chi connectivity index (χ3v) is 1.44. The molecule has 58 valence electrons. The molecule has 0 radical (unpaired) electrons. The van der Waals surface area contributed by atoms with Crippen LogP contribution in [0.25, 0.3) is 10.4 Å². The summed E-state index contributed by atoms with van der Waals surface area (Å²) in [6.45, 7) is 0. The van der Waals surface area contributed by atoms with Crippen LogP contribution in [-0.4, -0.2) is 0 Å². The van der Waals surface area contributed by atoms with E-state index in [1.54, 1.807) is 18.2 Å². The van der Waals surface area contributed by atoms with Crippen LogP contribution in [0.3, 0.4) is 0 Å². The Bertz CT molecular complexity index is 348. The number of azide groups is 1. The molecule has 0 saturated carbocycles. The van der Waals surface area contributed by atoms with Crippen molar-refractivity contribution >= 4 is 0 Å². The molecular formula is C8H6N4. The molecule has 0 aliphatic heterocycles. The molecule has 1 rings (SSSR count). The van der Waals surface area contributed by atoms with E-state index in [0.717, 1.165) is 5.57 Å². The van der Waals surface area contributed by atoms with E-state index in [4.69, 9.17) is 10.8 Å². The van der Waals surface area contributed by atoms with E-state index in [1.807, 2.05) is 6.07 Å². The zero-order chi connectivity index (χ0) is 8.81. The van der Waals surface area contributed by atoms with Gasteiger partial charge in [0.2, 0.25) is 0 Å². The van der Waals surface area contributed by atoms with Crippen molar-refractivity contribution in [3.63, 3.8) is 0 Å². The summed E-state index contributed by atoms with van der Waals surface area (Å²) in [5.41, 5.74) is 9.57. The van der Waals surface area contributed by atoms with Crippen LogP contribution in [0, 0.1) is 11.3 Å². The highest BCUT2D eigenvalue weighted by Crippen LogP contribution is 2.14. The first kappa shape index (κ1) is 8.12. The van der Waals surface area contributed by atoms with E-state index in [1.165, 1.54) is 6.20 Å². The Morgan fingerprint density at radius 2 is 2.50 bits per heavy atom. The SMILES string of the molecule is N#CC1=CCC(=CN=[N+]=[N-])C=C1. The van der Waals surface area contributed by atoms with Gasteiger partial charge in [0.25, 0.3) is 0 Å². The molecule has 0 heterocycles. The predicted molar refractivity (Wildman–Crippen MR) is 44.7 cm³/mol. The van der Waals surface area contributed by atoms with Gasteiger partial charge in [-0.15, -0.1) is 0 Å². The molecule has 0 bridgehead atoms. The van der Waals surface area contributed by atoms with Crippen molar-refractivity contribution in [3.05, 3.63) is 46.0 Å². The summed E-state index contributed by atoms with van der Waals surface area (Å²) in [6, 6.07) is 2.02. The van der Waals surface area contributed by atoms with Crippen LogP contribution in [0.5, 0.6) is 0 Å². The van der Waals surface area contributed by atoms with E-state index in [9.17, 15) is 0 Å². The molecule has 0 amide bonds. The fraction of sp³-hybridized carbons (Fsp3) is 0.125. The van der Waals surface area contributed by atoms with Crippen LogP contribution < -0.4 is 0 Å². The average molecular weight is 158 g/mol. The first-order valence-electron chi connectivity index (χ1n) is 3.38. The molecule has 4 nitrogen and oxygen atoms in total. The summed E-state index contributed by atoms with van der Waals surface area (Å²) in [5.74, 6) is 0. The fourth-order valence-electron chi connectivity index (χ4n) is 0.839. The molecule has 4 heteroatoms. The van der Waals surface area contributed by atoms with Gasteiger partial charge in [-0.25, -0.2) is 0 Å². The number of nitrogens with zero attached hydrogens (tertiary/aromatic N) is 4. The second kappa shape index (κ2) is 4.02. The lowest BCUT2D eigenvalue weighted by Gasteiger charge is -2.01. The van der Waals surface area contributed by atoms with E-state index in [-0.39, 0.29) is 0 Å². The number of allylic oxidation sites excluding steroid dienone is 5. The van der Waals surface area contributed by atoms with Gasteiger partial charge in [0.15, 0.2) is 0 Å². The number of hydrogen-bond acceptors (Lipinski definition) is 2. The molecule has 0 saturated heterocycles. The van der Waals surface area contributed by atoms with Gasteiger partial charge in [0.05, 0.1) is 6.07 Å². The molecule has 0 fully saturated rings. The predicted octanol–water partition coefficient (Wildman–Crippen LogP) is 2.59. The highest BCUT2D eigenvalue weighted by molar-refractivity contribution is 5.42. The smallest absolute Gasteiger partial charge is 0.0988 e. The Hall–Kier alpha value is -1.98. The minimum Gasteiger partial charge on any atom is -0.192 e. The summed E-state index contributed by atoms with van der Waals surface area (Å²) in [5, 5.41) is 11.8. The normalized spacial score (nSPS) is 17.9. The van der Waals surface area contributed by atoms with Gasteiger partial charge in [-0.05, 0) is 23.6 Å². The monoisotopic (exact) mass is 158 g/mol. The zero-order valence-corrected chi connectivity index (χ0v) is 6.31. The van der Waals surface area contributed by atoms with Crippen molar-refractivity contribution in [2.24, 2.45) is 5.11 Å². The molecule has 0 atom stereocenters. The van der Waals surface area contributed by atoms with Gasteiger partial charge in [0.1, 0.15) is 0 Å². The van der Waals surface area contributed by atoms with Crippen LogP contribution in [0.15, 0.2) is 40.7 Å². The average Bonchev–Trinajstić information content (AvgIpc) is 2.15. The zero-order valence-electron chi connectivity index (χ0n) is 6.31. The maximum Gasteiger partial charge on any atom is 0.0988 e. The summed E-state index contributed by atoms with van der Waals surface area (Å²) >= 11 is 0. The summed E-state index contributed by atoms with van der Waals surface area (Å²) in [4.78, 5) is 2.60. The second-order valence-electron chi connectivity index (χ2n) is 2.22. The molecule has 0 spiro atoms. The number of hydrogen-bond donors (Lipinski definition) is 0. The van der Waals surface area contributed by atoms with Crippen molar-refractivity contribution in [1.29, 1.82) is 5.26 Å². The van der Waals surface area contributed by atoms with Gasteiger partial charge >= 0.3 is 0 Å². The van der Waals surface area contributed by atoms with E-state index >= 15 is 0 Å². The van der Waals surface area contributed by atoms with Gasteiger partial charge in [-0.2, -0.15) is 5.26 Å². The highest BCUT2D eigenvalue weighted by atomic mass is 15.1. The van der Waals surface area contributed by atoms with Crippen LogP contribution in [0.2, 0.25) is 0 Å². The van der Waals surface area contributed by atoms with Gasteiger partial charge in [-0.1, -0.05) is 17.3 Å². The van der Waals surface area contributed by atoms with Crippen molar-refractivity contribution < 1.29 is 0 Å². The van der Waals surface area contributed by atoms with Crippen molar-refractivity contribution in [3.8, 4) is 6.07 Å². The quantitative estimate of drug-likeness (QED) is 0.328. The standard InChI is InChI=1S/C8H6N4/c9-5-7-1-3-8(4-2-7)6-11-12-10/h1-3,6H,4H2. The maximum atomic E-state index is 8.48. The summed E-state index contributed by atoms with van der Waals surface area (Å²) in [7, 11) is 0.